The van der Waals surface area contributed by atoms with Gasteiger partial charge in [-0.05, 0) is 49.6 Å². The average molecular weight is 400 g/mol. The fraction of sp³-hybridized carbons (Fsp3) is 0.409. The molecular formula is C22H26ClN3O2. The van der Waals surface area contributed by atoms with Crippen molar-refractivity contribution in [1.29, 1.82) is 0 Å². The summed E-state index contributed by atoms with van der Waals surface area (Å²) in [6, 6.07) is 13.6. The molecule has 28 heavy (non-hydrogen) atoms. The van der Waals surface area contributed by atoms with Crippen molar-refractivity contribution < 1.29 is 9.59 Å². The average Bonchev–Trinajstić information content (AvgIpc) is 2.68. The quantitative estimate of drug-likeness (QED) is 0.777. The van der Waals surface area contributed by atoms with Gasteiger partial charge in [-0.2, -0.15) is 0 Å². The Morgan fingerprint density at radius 2 is 2.00 bits per heavy atom. The molecule has 1 saturated heterocycles. The maximum Gasteiger partial charge on any atom is 0.224 e. The van der Waals surface area contributed by atoms with Gasteiger partial charge in [0.15, 0.2) is 0 Å². The molecule has 1 aliphatic rings. The molecule has 6 heteroatoms. The first-order chi connectivity index (χ1) is 13.5. The Balaban J connectivity index is 1.46. The van der Waals surface area contributed by atoms with Crippen LogP contribution in [0, 0.1) is 12.8 Å². The summed E-state index contributed by atoms with van der Waals surface area (Å²) in [7, 11) is 0. The smallest absolute Gasteiger partial charge is 0.224 e. The Morgan fingerprint density at radius 3 is 2.75 bits per heavy atom. The fourth-order valence-electron chi connectivity index (χ4n) is 3.46. The van der Waals surface area contributed by atoms with Crippen LogP contribution in [0.3, 0.4) is 0 Å². The van der Waals surface area contributed by atoms with Crippen LogP contribution in [0.1, 0.15) is 29.8 Å². The number of benzene rings is 1. The molecule has 0 radical (unpaired) electrons. The van der Waals surface area contributed by atoms with Gasteiger partial charge in [0.05, 0.1) is 5.92 Å². The summed E-state index contributed by atoms with van der Waals surface area (Å²) in [6.45, 7) is 3.63. The topological polar surface area (TPSA) is 62.3 Å². The van der Waals surface area contributed by atoms with Gasteiger partial charge >= 0.3 is 0 Å². The van der Waals surface area contributed by atoms with E-state index in [4.69, 9.17) is 11.6 Å². The minimum Gasteiger partial charge on any atom is -0.355 e. The van der Waals surface area contributed by atoms with Gasteiger partial charge in [0.1, 0.15) is 0 Å². The number of aryl methyl sites for hydroxylation is 1. The van der Waals surface area contributed by atoms with Crippen LogP contribution < -0.4 is 5.32 Å². The molecule has 2 heterocycles. The Morgan fingerprint density at radius 1 is 1.21 bits per heavy atom. The molecule has 0 saturated carbocycles. The summed E-state index contributed by atoms with van der Waals surface area (Å²) in [4.78, 5) is 31.0. The lowest BCUT2D eigenvalue weighted by Gasteiger charge is -2.32. The predicted octanol–water partition coefficient (Wildman–Crippen LogP) is 3.18. The number of amides is 2. The Kier molecular flexibility index (Phi) is 7.04. The summed E-state index contributed by atoms with van der Waals surface area (Å²) >= 11 is 5.91. The molecule has 2 aromatic rings. The number of carbonyl (C=O) groups excluding carboxylic acids is 2. The Labute approximate surface area is 171 Å². The highest BCUT2D eigenvalue weighted by atomic mass is 35.5. The van der Waals surface area contributed by atoms with Crippen molar-refractivity contribution >= 4 is 23.4 Å². The van der Waals surface area contributed by atoms with E-state index in [0.717, 1.165) is 23.4 Å². The number of piperidine rings is 1. The summed E-state index contributed by atoms with van der Waals surface area (Å²) < 4.78 is 0. The van der Waals surface area contributed by atoms with Crippen LogP contribution in [-0.2, 0) is 22.4 Å². The maximum atomic E-state index is 12.5. The lowest BCUT2D eigenvalue weighted by Crippen LogP contribution is -2.46. The molecule has 0 aliphatic carbocycles. The van der Waals surface area contributed by atoms with Crippen LogP contribution in [0.2, 0.25) is 5.02 Å². The number of carbonyl (C=O) groups is 2. The predicted molar refractivity (Wildman–Crippen MR) is 110 cm³/mol. The van der Waals surface area contributed by atoms with Crippen LogP contribution in [0.4, 0.5) is 0 Å². The molecule has 0 spiro atoms. The number of nitrogens with zero attached hydrogens (tertiary/aromatic N) is 2. The molecule has 0 bridgehead atoms. The third-order valence-corrected chi connectivity index (χ3v) is 5.33. The first-order valence-corrected chi connectivity index (χ1v) is 10.1. The van der Waals surface area contributed by atoms with Gasteiger partial charge in [0, 0.05) is 48.9 Å². The number of hydrogen-bond donors (Lipinski definition) is 1. The van der Waals surface area contributed by atoms with Crippen molar-refractivity contribution in [3.05, 3.63) is 64.4 Å². The highest BCUT2D eigenvalue weighted by Gasteiger charge is 2.29. The zero-order valence-corrected chi connectivity index (χ0v) is 16.9. The number of pyridine rings is 1. The van der Waals surface area contributed by atoms with Crippen LogP contribution in [0.5, 0.6) is 0 Å². The number of aromatic nitrogens is 1. The minimum atomic E-state index is -0.145. The molecule has 1 fully saturated rings. The number of likely N-dealkylation sites (tertiary alicyclic amines) is 1. The SMILES string of the molecule is Cc1cccc(CCNC(=O)C2CCC(=O)N(CCc3ccc(Cl)cc3)C2)n1. The summed E-state index contributed by atoms with van der Waals surface area (Å²) in [5.41, 5.74) is 3.09. The molecule has 1 aromatic heterocycles. The van der Waals surface area contributed by atoms with Crippen molar-refractivity contribution in [3.8, 4) is 0 Å². The van der Waals surface area contributed by atoms with Crippen LogP contribution in [0.25, 0.3) is 0 Å². The van der Waals surface area contributed by atoms with E-state index in [1.165, 1.54) is 0 Å². The second-order valence-corrected chi connectivity index (χ2v) is 7.70. The van der Waals surface area contributed by atoms with Gasteiger partial charge in [0.2, 0.25) is 11.8 Å². The first kappa shape index (κ1) is 20.3. The number of hydrogen-bond acceptors (Lipinski definition) is 3. The maximum absolute atomic E-state index is 12.5. The summed E-state index contributed by atoms with van der Waals surface area (Å²) in [5, 5.41) is 3.71. The zero-order chi connectivity index (χ0) is 19.9. The van der Waals surface area contributed by atoms with Gasteiger partial charge in [-0.25, -0.2) is 0 Å². The molecular weight excluding hydrogens is 374 g/mol. The lowest BCUT2D eigenvalue weighted by atomic mass is 9.96. The molecule has 148 valence electrons. The van der Waals surface area contributed by atoms with Crippen LogP contribution in [0.15, 0.2) is 42.5 Å². The van der Waals surface area contributed by atoms with Gasteiger partial charge in [-0.15, -0.1) is 0 Å². The van der Waals surface area contributed by atoms with Crippen molar-refractivity contribution in [2.24, 2.45) is 5.92 Å². The standard InChI is InChI=1S/C22H26ClN3O2/c1-16-3-2-4-20(25-16)11-13-24-22(28)18-7-10-21(27)26(15-18)14-12-17-5-8-19(23)9-6-17/h2-6,8-9,18H,7,10-15H2,1H3,(H,24,28). The van der Waals surface area contributed by atoms with Gasteiger partial charge in [-0.3, -0.25) is 14.6 Å². The lowest BCUT2D eigenvalue weighted by molar-refractivity contribution is -0.138. The number of halogens is 1. The molecule has 1 aromatic carbocycles. The molecule has 1 unspecified atom stereocenters. The summed E-state index contributed by atoms with van der Waals surface area (Å²) in [6.07, 6.45) is 2.51. The van der Waals surface area contributed by atoms with Crippen LogP contribution in [-0.4, -0.2) is 41.3 Å². The summed E-state index contributed by atoms with van der Waals surface area (Å²) in [5.74, 6) is 0.00649. The van der Waals surface area contributed by atoms with E-state index < -0.39 is 0 Å². The highest BCUT2D eigenvalue weighted by molar-refractivity contribution is 6.30. The molecule has 1 aliphatic heterocycles. The van der Waals surface area contributed by atoms with Crippen molar-refractivity contribution in [2.75, 3.05) is 19.6 Å². The molecule has 1 atom stereocenters. The van der Waals surface area contributed by atoms with E-state index in [2.05, 4.69) is 10.3 Å². The van der Waals surface area contributed by atoms with Crippen molar-refractivity contribution in [1.82, 2.24) is 15.2 Å². The molecule has 5 nitrogen and oxygen atoms in total. The van der Waals surface area contributed by atoms with Gasteiger partial charge in [0.25, 0.3) is 0 Å². The second kappa shape index (κ2) is 9.69. The van der Waals surface area contributed by atoms with E-state index in [1.54, 1.807) is 0 Å². The molecule has 3 rings (SSSR count). The largest absolute Gasteiger partial charge is 0.355 e. The monoisotopic (exact) mass is 399 g/mol. The van der Waals surface area contributed by atoms with E-state index >= 15 is 0 Å². The normalized spacial score (nSPS) is 16.9. The second-order valence-electron chi connectivity index (χ2n) is 7.26. The third-order valence-electron chi connectivity index (χ3n) is 5.08. The minimum absolute atomic E-state index is 0.0247. The van der Waals surface area contributed by atoms with Gasteiger partial charge < -0.3 is 10.2 Å². The van der Waals surface area contributed by atoms with E-state index in [1.807, 2.05) is 54.3 Å². The number of rotatable bonds is 7. The molecule has 1 N–H and O–H groups in total. The highest BCUT2D eigenvalue weighted by Crippen LogP contribution is 2.19. The van der Waals surface area contributed by atoms with Gasteiger partial charge in [-0.1, -0.05) is 29.8 Å². The first-order valence-electron chi connectivity index (χ1n) is 9.74. The Bertz CT molecular complexity index is 823. The van der Waals surface area contributed by atoms with E-state index in [-0.39, 0.29) is 17.7 Å². The van der Waals surface area contributed by atoms with E-state index in [0.29, 0.717) is 43.9 Å². The zero-order valence-electron chi connectivity index (χ0n) is 16.2. The third kappa shape index (κ3) is 5.80. The molecule has 2 amide bonds. The van der Waals surface area contributed by atoms with E-state index in [9.17, 15) is 9.59 Å². The van der Waals surface area contributed by atoms with Crippen LogP contribution >= 0.6 is 11.6 Å². The fourth-order valence-corrected chi connectivity index (χ4v) is 3.58. The van der Waals surface area contributed by atoms with Crippen molar-refractivity contribution in [2.45, 2.75) is 32.6 Å². The van der Waals surface area contributed by atoms with Crippen molar-refractivity contribution in [3.63, 3.8) is 0 Å². The number of nitrogens with one attached hydrogen (secondary N) is 1. The Hall–Kier alpha value is -2.40.